The second-order valence-corrected chi connectivity index (χ2v) is 4.16. The molecule has 1 aliphatic rings. The van der Waals surface area contributed by atoms with E-state index in [4.69, 9.17) is 5.11 Å². The molecule has 0 saturated heterocycles. The largest absolute Gasteiger partial charge is 0.481 e. The second-order valence-electron chi connectivity index (χ2n) is 4.16. The normalized spacial score (nSPS) is 21.3. The van der Waals surface area contributed by atoms with Gasteiger partial charge in [0, 0.05) is 0 Å². The van der Waals surface area contributed by atoms with Crippen LogP contribution in [0.2, 0.25) is 0 Å². The number of rotatable bonds is 3. The van der Waals surface area contributed by atoms with Crippen molar-refractivity contribution in [1.29, 1.82) is 0 Å². The molecule has 0 aromatic heterocycles. The first-order valence-electron chi connectivity index (χ1n) is 5.19. The van der Waals surface area contributed by atoms with Crippen molar-refractivity contribution < 1.29 is 23.1 Å². The fourth-order valence-corrected chi connectivity index (χ4v) is 2.24. The van der Waals surface area contributed by atoms with Crippen LogP contribution in [0.1, 0.15) is 38.5 Å². The summed E-state index contributed by atoms with van der Waals surface area (Å²) in [5, 5.41) is 8.79. The zero-order valence-corrected chi connectivity index (χ0v) is 8.39. The highest BCUT2D eigenvalue weighted by Gasteiger charge is 2.39. The highest BCUT2D eigenvalue weighted by atomic mass is 19.4. The number of halogens is 3. The van der Waals surface area contributed by atoms with Gasteiger partial charge in [-0.25, -0.2) is 0 Å². The fourth-order valence-electron chi connectivity index (χ4n) is 2.24. The minimum atomic E-state index is -4.37. The van der Waals surface area contributed by atoms with Gasteiger partial charge in [0.1, 0.15) is 0 Å². The maximum atomic E-state index is 12.2. The summed E-state index contributed by atoms with van der Waals surface area (Å²) in [6.07, 6.45) is -1.61. The summed E-state index contributed by atoms with van der Waals surface area (Å²) in [6, 6.07) is 0. The van der Waals surface area contributed by atoms with Gasteiger partial charge in [-0.1, -0.05) is 19.3 Å². The molecule has 1 atom stereocenters. The number of hydrogen-bond donors (Lipinski definition) is 1. The summed E-state index contributed by atoms with van der Waals surface area (Å²) in [6.45, 7) is 0. The van der Waals surface area contributed by atoms with Crippen LogP contribution in [0.5, 0.6) is 0 Å². The summed E-state index contributed by atoms with van der Waals surface area (Å²) in [5.74, 6) is -2.84. The predicted octanol–water partition coefficient (Wildman–Crippen LogP) is 3.22. The Kier molecular flexibility index (Phi) is 3.99. The Morgan fingerprint density at radius 3 is 2.20 bits per heavy atom. The summed E-state index contributed by atoms with van der Waals surface area (Å²) in [4.78, 5) is 10.8. The van der Waals surface area contributed by atoms with Gasteiger partial charge in [0.25, 0.3) is 0 Å². The minimum absolute atomic E-state index is 0.294. The summed E-state index contributed by atoms with van der Waals surface area (Å²) in [7, 11) is 0. The van der Waals surface area contributed by atoms with E-state index in [2.05, 4.69) is 0 Å². The van der Waals surface area contributed by atoms with Crippen LogP contribution in [0.15, 0.2) is 0 Å². The number of alkyl halides is 3. The molecule has 0 aromatic rings. The molecular formula is C10H15F3O2. The molecule has 5 heteroatoms. The Labute approximate surface area is 86.5 Å². The molecule has 0 bridgehead atoms. The van der Waals surface area contributed by atoms with Gasteiger partial charge in [-0.05, 0) is 18.8 Å². The molecule has 0 aromatic carbocycles. The summed E-state index contributed by atoms with van der Waals surface area (Å²) < 4.78 is 36.5. The Morgan fingerprint density at radius 2 is 1.80 bits per heavy atom. The lowest BCUT2D eigenvalue weighted by atomic mass is 9.78. The zero-order valence-electron chi connectivity index (χ0n) is 8.39. The number of carboxylic acids is 1. The Bertz CT molecular complexity index is 219. The molecule has 1 N–H and O–H groups in total. The lowest BCUT2D eigenvalue weighted by Gasteiger charge is -2.27. The molecule has 15 heavy (non-hydrogen) atoms. The van der Waals surface area contributed by atoms with Crippen LogP contribution >= 0.6 is 0 Å². The highest BCUT2D eigenvalue weighted by molar-refractivity contribution is 5.70. The summed E-state index contributed by atoms with van der Waals surface area (Å²) >= 11 is 0. The third-order valence-electron chi connectivity index (χ3n) is 2.99. The Balaban J connectivity index is 2.60. The molecule has 0 unspecified atom stereocenters. The van der Waals surface area contributed by atoms with Gasteiger partial charge in [-0.3, -0.25) is 4.79 Å². The van der Waals surface area contributed by atoms with E-state index in [0.717, 1.165) is 19.3 Å². The molecule has 0 heterocycles. The standard InChI is InChI=1S/C10H15F3O2/c11-10(12,13)6-8(9(14)15)7-4-2-1-3-5-7/h7-8H,1-6H2,(H,14,15)/t8-/m0/s1. The van der Waals surface area contributed by atoms with E-state index >= 15 is 0 Å². The molecular weight excluding hydrogens is 209 g/mol. The smallest absolute Gasteiger partial charge is 0.389 e. The van der Waals surface area contributed by atoms with Gasteiger partial charge in [-0.15, -0.1) is 0 Å². The van der Waals surface area contributed by atoms with Crippen LogP contribution < -0.4 is 0 Å². The van der Waals surface area contributed by atoms with Crippen molar-refractivity contribution >= 4 is 5.97 Å². The van der Waals surface area contributed by atoms with Crippen LogP contribution in [-0.2, 0) is 4.79 Å². The molecule has 0 aliphatic heterocycles. The van der Waals surface area contributed by atoms with Crippen molar-refractivity contribution in [2.24, 2.45) is 11.8 Å². The van der Waals surface area contributed by atoms with Gasteiger partial charge in [0.05, 0.1) is 12.3 Å². The molecule has 0 radical (unpaired) electrons. The SMILES string of the molecule is O=C(O)[C@@H](CC(F)(F)F)C1CCCCC1. The monoisotopic (exact) mass is 224 g/mol. The van der Waals surface area contributed by atoms with Crippen molar-refractivity contribution in [3.63, 3.8) is 0 Å². The van der Waals surface area contributed by atoms with Gasteiger partial charge < -0.3 is 5.11 Å². The first kappa shape index (κ1) is 12.3. The maximum Gasteiger partial charge on any atom is 0.389 e. The van der Waals surface area contributed by atoms with Gasteiger partial charge in [0.15, 0.2) is 0 Å². The average molecular weight is 224 g/mol. The number of carboxylic acid groups (broad SMARTS) is 1. The van der Waals surface area contributed by atoms with Crippen molar-refractivity contribution in [1.82, 2.24) is 0 Å². The molecule has 0 spiro atoms. The average Bonchev–Trinajstić information content (AvgIpc) is 2.14. The molecule has 1 fully saturated rings. The number of aliphatic carboxylic acids is 1. The first-order chi connectivity index (χ1) is 6.90. The van der Waals surface area contributed by atoms with Crippen LogP contribution in [0.3, 0.4) is 0 Å². The highest BCUT2D eigenvalue weighted by Crippen LogP contribution is 2.36. The Hall–Kier alpha value is -0.740. The van der Waals surface area contributed by atoms with Crippen molar-refractivity contribution in [2.45, 2.75) is 44.7 Å². The zero-order chi connectivity index (χ0) is 11.5. The lowest BCUT2D eigenvalue weighted by Crippen LogP contribution is -2.30. The van der Waals surface area contributed by atoms with Crippen molar-refractivity contribution in [3.05, 3.63) is 0 Å². The van der Waals surface area contributed by atoms with Crippen LogP contribution in [0.4, 0.5) is 13.2 Å². The van der Waals surface area contributed by atoms with E-state index in [1.54, 1.807) is 0 Å². The third-order valence-corrected chi connectivity index (χ3v) is 2.99. The van der Waals surface area contributed by atoms with Gasteiger partial charge in [0.2, 0.25) is 0 Å². The lowest BCUT2D eigenvalue weighted by molar-refractivity contribution is -0.168. The number of hydrogen-bond acceptors (Lipinski definition) is 1. The van der Waals surface area contributed by atoms with E-state index in [-0.39, 0.29) is 5.92 Å². The van der Waals surface area contributed by atoms with E-state index < -0.39 is 24.5 Å². The quantitative estimate of drug-likeness (QED) is 0.799. The second kappa shape index (κ2) is 4.86. The first-order valence-corrected chi connectivity index (χ1v) is 5.19. The van der Waals surface area contributed by atoms with E-state index in [0.29, 0.717) is 12.8 Å². The molecule has 1 saturated carbocycles. The van der Waals surface area contributed by atoms with Crippen LogP contribution in [0.25, 0.3) is 0 Å². The third kappa shape index (κ3) is 4.10. The fraction of sp³-hybridized carbons (Fsp3) is 0.900. The number of carbonyl (C=O) groups is 1. The maximum absolute atomic E-state index is 12.2. The van der Waals surface area contributed by atoms with E-state index in [1.807, 2.05) is 0 Å². The van der Waals surface area contributed by atoms with Crippen LogP contribution in [-0.4, -0.2) is 17.3 Å². The predicted molar refractivity (Wildman–Crippen MR) is 48.4 cm³/mol. The molecule has 1 rings (SSSR count). The van der Waals surface area contributed by atoms with E-state index in [1.165, 1.54) is 0 Å². The minimum Gasteiger partial charge on any atom is -0.481 e. The van der Waals surface area contributed by atoms with Gasteiger partial charge in [-0.2, -0.15) is 13.2 Å². The molecule has 0 amide bonds. The molecule has 1 aliphatic carbocycles. The molecule has 2 nitrogen and oxygen atoms in total. The van der Waals surface area contributed by atoms with Gasteiger partial charge >= 0.3 is 12.1 Å². The Morgan fingerprint density at radius 1 is 1.27 bits per heavy atom. The van der Waals surface area contributed by atoms with E-state index in [9.17, 15) is 18.0 Å². The summed E-state index contributed by atoms with van der Waals surface area (Å²) in [5.41, 5.74) is 0. The van der Waals surface area contributed by atoms with Crippen LogP contribution in [0, 0.1) is 11.8 Å². The molecule has 88 valence electrons. The topological polar surface area (TPSA) is 37.3 Å². The van der Waals surface area contributed by atoms with Crippen molar-refractivity contribution in [3.8, 4) is 0 Å². The van der Waals surface area contributed by atoms with Crippen molar-refractivity contribution in [2.75, 3.05) is 0 Å².